The molecule has 2 aliphatic rings. The molecule has 2 amide bonds. The van der Waals surface area contributed by atoms with Crippen molar-refractivity contribution in [3.8, 4) is 0 Å². The SMILES string of the molecule is COC(=O)/C=C/CNC(=O)C1CCC(=O)N(C2CCCC2)C1. The molecule has 1 unspecified atom stereocenters. The van der Waals surface area contributed by atoms with E-state index in [9.17, 15) is 14.4 Å². The molecule has 1 N–H and O–H groups in total. The predicted molar refractivity (Wildman–Crippen MR) is 80.9 cm³/mol. The van der Waals surface area contributed by atoms with Crippen LogP contribution in [0.2, 0.25) is 0 Å². The number of esters is 1. The van der Waals surface area contributed by atoms with Gasteiger partial charge in [-0.2, -0.15) is 0 Å². The number of hydrogen-bond acceptors (Lipinski definition) is 4. The van der Waals surface area contributed by atoms with Crippen LogP contribution in [0.15, 0.2) is 12.2 Å². The molecule has 0 aromatic heterocycles. The van der Waals surface area contributed by atoms with E-state index in [4.69, 9.17) is 0 Å². The summed E-state index contributed by atoms with van der Waals surface area (Å²) in [5.41, 5.74) is 0. The Kier molecular flexibility index (Phi) is 5.98. The molecule has 0 aromatic carbocycles. The van der Waals surface area contributed by atoms with Crippen LogP contribution >= 0.6 is 0 Å². The zero-order valence-electron chi connectivity index (χ0n) is 13.0. The Bertz CT molecular complexity index is 455. The highest BCUT2D eigenvalue weighted by atomic mass is 16.5. The van der Waals surface area contributed by atoms with E-state index in [1.54, 1.807) is 6.08 Å². The normalized spacial score (nSPS) is 23.0. The number of nitrogens with one attached hydrogen (secondary N) is 1. The number of amides is 2. The lowest BCUT2D eigenvalue weighted by molar-refractivity contribution is -0.140. The summed E-state index contributed by atoms with van der Waals surface area (Å²) in [6.07, 6.45) is 8.36. The maximum absolute atomic E-state index is 12.2. The lowest BCUT2D eigenvalue weighted by Crippen LogP contribution is -2.49. The summed E-state index contributed by atoms with van der Waals surface area (Å²) in [5.74, 6) is -0.457. The number of piperidine rings is 1. The number of rotatable bonds is 5. The molecule has 1 saturated carbocycles. The predicted octanol–water partition coefficient (Wildman–Crippen LogP) is 1.01. The summed E-state index contributed by atoms with van der Waals surface area (Å²) >= 11 is 0. The summed E-state index contributed by atoms with van der Waals surface area (Å²) < 4.78 is 4.47. The van der Waals surface area contributed by atoms with Crippen molar-refractivity contribution in [1.29, 1.82) is 0 Å². The fraction of sp³-hybridized carbons (Fsp3) is 0.688. The van der Waals surface area contributed by atoms with E-state index in [0.29, 0.717) is 32.0 Å². The van der Waals surface area contributed by atoms with E-state index in [1.807, 2.05) is 4.90 Å². The van der Waals surface area contributed by atoms with Crippen molar-refractivity contribution in [2.75, 3.05) is 20.2 Å². The Balaban J connectivity index is 1.81. The van der Waals surface area contributed by atoms with E-state index in [-0.39, 0.29) is 17.7 Å². The van der Waals surface area contributed by atoms with Gasteiger partial charge in [0.15, 0.2) is 0 Å². The first-order chi connectivity index (χ1) is 10.6. The van der Waals surface area contributed by atoms with Crippen LogP contribution < -0.4 is 5.32 Å². The van der Waals surface area contributed by atoms with Gasteiger partial charge in [-0.3, -0.25) is 9.59 Å². The van der Waals surface area contributed by atoms with Gasteiger partial charge in [-0.1, -0.05) is 18.9 Å². The molecule has 122 valence electrons. The van der Waals surface area contributed by atoms with Crippen molar-refractivity contribution in [1.82, 2.24) is 10.2 Å². The molecule has 6 heteroatoms. The van der Waals surface area contributed by atoms with Crippen LogP contribution in [0.5, 0.6) is 0 Å². The van der Waals surface area contributed by atoms with Crippen molar-refractivity contribution in [2.24, 2.45) is 5.92 Å². The number of likely N-dealkylation sites (tertiary alicyclic amines) is 1. The van der Waals surface area contributed by atoms with E-state index in [0.717, 1.165) is 12.8 Å². The zero-order chi connectivity index (χ0) is 15.9. The molecule has 0 bridgehead atoms. The highest BCUT2D eigenvalue weighted by molar-refractivity contribution is 5.84. The Labute approximate surface area is 130 Å². The van der Waals surface area contributed by atoms with Gasteiger partial charge in [-0.25, -0.2) is 4.79 Å². The third-order valence-electron chi connectivity index (χ3n) is 4.43. The second-order valence-electron chi connectivity index (χ2n) is 5.89. The third-order valence-corrected chi connectivity index (χ3v) is 4.43. The molecule has 2 fully saturated rings. The first-order valence-corrected chi connectivity index (χ1v) is 7.93. The number of methoxy groups -OCH3 is 1. The smallest absolute Gasteiger partial charge is 0.330 e. The summed E-state index contributed by atoms with van der Waals surface area (Å²) in [5, 5.41) is 2.79. The molecule has 0 spiro atoms. The summed E-state index contributed by atoms with van der Waals surface area (Å²) in [6.45, 7) is 0.817. The lowest BCUT2D eigenvalue weighted by atomic mass is 9.95. The van der Waals surface area contributed by atoms with E-state index < -0.39 is 5.97 Å². The van der Waals surface area contributed by atoms with Gasteiger partial charge in [0.2, 0.25) is 11.8 Å². The van der Waals surface area contributed by atoms with E-state index in [2.05, 4.69) is 10.1 Å². The van der Waals surface area contributed by atoms with Crippen molar-refractivity contribution in [2.45, 2.75) is 44.6 Å². The van der Waals surface area contributed by atoms with Crippen LogP contribution in [0.25, 0.3) is 0 Å². The molecular weight excluding hydrogens is 284 g/mol. The molecule has 1 aliphatic heterocycles. The molecule has 0 aromatic rings. The molecule has 1 aliphatic carbocycles. The summed E-state index contributed by atoms with van der Waals surface area (Å²) in [7, 11) is 1.31. The first kappa shape index (κ1) is 16.5. The largest absolute Gasteiger partial charge is 0.466 e. The van der Waals surface area contributed by atoms with Crippen LogP contribution in [0, 0.1) is 5.92 Å². The van der Waals surface area contributed by atoms with Gasteiger partial charge in [0.25, 0.3) is 0 Å². The Morgan fingerprint density at radius 1 is 1.32 bits per heavy atom. The molecule has 1 heterocycles. The van der Waals surface area contributed by atoms with E-state index >= 15 is 0 Å². The summed E-state index contributed by atoms with van der Waals surface area (Å²) in [4.78, 5) is 37.1. The van der Waals surface area contributed by atoms with Gasteiger partial charge in [0.1, 0.15) is 0 Å². The quantitative estimate of drug-likeness (QED) is 0.607. The monoisotopic (exact) mass is 308 g/mol. The van der Waals surface area contributed by atoms with Gasteiger partial charge in [-0.15, -0.1) is 0 Å². The average molecular weight is 308 g/mol. The maximum Gasteiger partial charge on any atom is 0.330 e. The second kappa shape index (κ2) is 7.96. The van der Waals surface area contributed by atoms with Crippen LogP contribution in [0.4, 0.5) is 0 Å². The fourth-order valence-corrected chi connectivity index (χ4v) is 3.18. The van der Waals surface area contributed by atoms with E-state index in [1.165, 1.54) is 26.0 Å². The van der Waals surface area contributed by atoms with Crippen LogP contribution in [-0.4, -0.2) is 48.9 Å². The minimum Gasteiger partial charge on any atom is -0.466 e. The van der Waals surface area contributed by atoms with Crippen LogP contribution in [0.1, 0.15) is 38.5 Å². The molecule has 22 heavy (non-hydrogen) atoms. The van der Waals surface area contributed by atoms with Crippen LogP contribution in [0.3, 0.4) is 0 Å². The Hall–Kier alpha value is -1.85. The number of carbonyl (C=O) groups excluding carboxylic acids is 3. The third kappa shape index (κ3) is 4.32. The van der Waals surface area contributed by atoms with Crippen molar-refractivity contribution in [3.63, 3.8) is 0 Å². The highest BCUT2D eigenvalue weighted by Crippen LogP contribution is 2.28. The van der Waals surface area contributed by atoms with Crippen molar-refractivity contribution in [3.05, 3.63) is 12.2 Å². The molecular formula is C16H24N2O4. The number of carbonyl (C=O) groups is 3. The van der Waals surface area contributed by atoms with Gasteiger partial charge >= 0.3 is 5.97 Å². The topological polar surface area (TPSA) is 75.7 Å². The highest BCUT2D eigenvalue weighted by Gasteiger charge is 2.34. The first-order valence-electron chi connectivity index (χ1n) is 7.93. The average Bonchev–Trinajstić information content (AvgIpc) is 3.05. The second-order valence-corrected chi connectivity index (χ2v) is 5.89. The van der Waals surface area contributed by atoms with Crippen molar-refractivity contribution >= 4 is 17.8 Å². The molecule has 2 rings (SSSR count). The number of ether oxygens (including phenoxy) is 1. The lowest BCUT2D eigenvalue weighted by Gasteiger charge is -2.36. The molecule has 0 radical (unpaired) electrons. The standard InChI is InChI=1S/C16H24N2O4/c1-22-15(20)7-4-10-17-16(21)12-8-9-14(19)18(11-12)13-5-2-3-6-13/h4,7,12-13H,2-3,5-6,8-11H2,1H3,(H,17,21)/b7-4+. The number of hydrogen-bond donors (Lipinski definition) is 1. The van der Waals surface area contributed by atoms with Gasteiger partial charge in [-0.05, 0) is 19.3 Å². The number of nitrogens with zero attached hydrogens (tertiary/aromatic N) is 1. The van der Waals surface area contributed by atoms with Crippen LogP contribution in [-0.2, 0) is 19.1 Å². The van der Waals surface area contributed by atoms with Gasteiger partial charge in [0, 0.05) is 31.6 Å². The summed E-state index contributed by atoms with van der Waals surface area (Å²) in [6, 6.07) is 0.322. The van der Waals surface area contributed by atoms with Crippen molar-refractivity contribution < 1.29 is 19.1 Å². The minimum atomic E-state index is -0.440. The fourth-order valence-electron chi connectivity index (χ4n) is 3.18. The molecule has 1 atom stereocenters. The molecule has 1 saturated heterocycles. The molecule has 6 nitrogen and oxygen atoms in total. The zero-order valence-corrected chi connectivity index (χ0v) is 13.0. The minimum absolute atomic E-state index is 0.0509. The van der Waals surface area contributed by atoms with Gasteiger partial charge < -0.3 is 15.0 Å². The Morgan fingerprint density at radius 3 is 2.73 bits per heavy atom. The van der Waals surface area contributed by atoms with Gasteiger partial charge in [0.05, 0.1) is 13.0 Å². The maximum atomic E-state index is 12.2. The Morgan fingerprint density at radius 2 is 2.05 bits per heavy atom.